The molecule has 8 rings (SSSR count). The summed E-state index contributed by atoms with van der Waals surface area (Å²) in [5.41, 5.74) is 6.24. The maximum Gasteiger partial charge on any atom is 0.407 e. The molecule has 3 aliphatic rings. The van der Waals surface area contributed by atoms with Crippen LogP contribution in [0.4, 0.5) is 4.79 Å². The number of amides is 2. The number of carbonyl (C=O) groups is 2. The van der Waals surface area contributed by atoms with E-state index in [0.717, 1.165) is 75.3 Å². The number of benzene rings is 3. The first-order valence-corrected chi connectivity index (χ1v) is 17.7. The van der Waals surface area contributed by atoms with E-state index in [1.54, 1.807) is 0 Å². The predicted octanol–water partition coefficient (Wildman–Crippen LogP) is 6.11. The number of likely N-dealkylation sites (tertiary alicyclic amines) is 1. The number of nitrogens with one attached hydrogen (secondary N) is 4. The van der Waals surface area contributed by atoms with Gasteiger partial charge in [0.2, 0.25) is 5.91 Å². The Hall–Kier alpha value is -5.04. The summed E-state index contributed by atoms with van der Waals surface area (Å²) in [7, 11) is 1.30. The molecule has 3 saturated heterocycles. The summed E-state index contributed by atoms with van der Waals surface area (Å²) in [6, 6.07) is 20.7. The van der Waals surface area contributed by atoms with E-state index in [1.165, 1.54) is 7.11 Å². The third-order valence-electron chi connectivity index (χ3n) is 10.4. The molecule has 51 heavy (non-hydrogen) atoms. The summed E-state index contributed by atoms with van der Waals surface area (Å²) in [5.74, 6) is 0.913. The quantitative estimate of drug-likeness (QED) is 0.153. The summed E-state index contributed by atoms with van der Waals surface area (Å²) in [4.78, 5) is 43.7. The number of carbonyl (C=O) groups excluding carboxylic acids is 2. The molecule has 1 spiro atoms. The fourth-order valence-electron chi connectivity index (χ4n) is 7.59. The van der Waals surface area contributed by atoms with Crippen LogP contribution in [0, 0.1) is 5.92 Å². The van der Waals surface area contributed by atoms with Gasteiger partial charge < -0.3 is 39.7 Å². The van der Waals surface area contributed by atoms with Crippen molar-refractivity contribution in [1.82, 2.24) is 35.5 Å². The Balaban J connectivity index is 0.949. The van der Waals surface area contributed by atoms with E-state index in [9.17, 15) is 9.59 Å². The van der Waals surface area contributed by atoms with Gasteiger partial charge in [-0.3, -0.25) is 4.79 Å². The van der Waals surface area contributed by atoms with Crippen LogP contribution in [0.1, 0.15) is 56.8 Å². The van der Waals surface area contributed by atoms with Crippen molar-refractivity contribution in [2.45, 2.75) is 57.0 Å². The lowest BCUT2D eigenvalue weighted by molar-refractivity contribution is -0.141. The molecule has 5 heterocycles. The van der Waals surface area contributed by atoms with Crippen LogP contribution in [0.3, 0.4) is 0 Å². The van der Waals surface area contributed by atoms with E-state index < -0.39 is 17.9 Å². The Morgan fingerprint density at radius 1 is 0.882 bits per heavy atom. The molecule has 3 aliphatic heterocycles. The van der Waals surface area contributed by atoms with E-state index in [-0.39, 0.29) is 23.9 Å². The van der Waals surface area contributed by atoms with Gasteiger partial charge in [-0.05, 0) is 58.4 Å². The number of ether oxygens (including phenoxy) is 3. The maximum absolute atomic E-state index is 13.5. The molecule has 4 N–H and O–H groups in total. The second-order valence-electron chi connectivity index (χ2n) is 14.0. The number of rotatable bonds is 8. The average molecular weight is 690 g/mol. The van der Waals surface area contributed by atoms with E-state index in [1.807, 2.05) is 31.1 Å². The van der Waals surface area contributed by atoms with Gasteiger partial charge in [-0.2, -0.15) is 0 Å². The number of fused-ring (bicyclic) bond motifs is 1. The van der Waals surface area contributed by atoms with Crippen molar-refractivity contribution in [3.05, 3.63) is 84.7 Å². The Kier molecular flexibility index (Phi) is 8.83. The molecule has 0 bridgehead atoms. The van der Waals surface area contributed by atoms with Gasteiger partial charge in [0.15, 0.2) is 5.79 Å². The molecule has 0 aliphatic carbocycles. The zero-order chi connectivity index (χ0) is 35.1. The lowest BCUT2D eigenvalue weighted by Crippen LogP contribution is -2.51. The lowest BCUT2D eigenvalue weighted by atomic mass is 9.98. The van der Waals surface area contributed by atoms with Crippen LogP contribution in [0.15, 0.2) is 73.1 Å². The SMILES string of the molecule is COC(=O)N[C@H](C(=O)N1CCC[C@H]1c1ncc(-c2ccc3cc(-c4ccc(-c5cnc([C@@H]6CC7(CN6)OCCO7)[nH]5)cc4)ccc3c2)[nH]1)C(C)C. The summed E-state index contributed by atoms with van der Waals surface area (Å²) in [5, 5.41) is 8.45. The number of imidazole rings is 2. The van der Waals surface area contributed by atoms with Crippen LogP contribution >= 0.6 is 0 Å². The first-order chi connectivity index (χ1) is 24.8. The third kappa shape index (κ3) is 6.50. The lowest BCUT2D eigenvalue weighted by Gasteiger charge is -2.30. The van der Waals surface area contributed by atoms with Crippen molar-refractivity contribution >= 4 is 22.8 Å². The topological polar surface area (TPSA) is 146 Å². The number of hydrogen-bond donors (Lipinski definition) is 4. The molecule has 12 nitrogen and oxygen atoms in total. The van der Waals surface area contributed by atoms with Crippen molar-refractivity contribution in [3.8, 4) is 33.6 Å². The fourth-order valence-corrected chi connectivity index (χ4v) is 7.59. The predicted molar refractivity (Wildman–Crippen MR) is 192 cm³/mol. The summed E-state index contributed by atoms with van der Waals surface area (Å²) >= 11 is 0. The number of nitrogens with zero attached hydrogens (tertiary/aromatic N) is 3. The highest BCUT2D eigenvalue weighted by Gasteiger charge is 2.45. The van der Waals surface area contributed by atoms with Gasteiger partial charge in [0.25, 0.3) is 0 Å². The van der Waals surface area contributed by atoms with Crippen LogP contribution in [-0.4, -0.2) is 82.1 Å². The van der Waals surface area contributed by atoms with Gasteiger partial charge in [0.05, 0.1) is 62.7 Å². The molecule has 0 radical (unpaired) electrons. The zero-order valence-corrected chi connectivity index (χ0v) is 29.1. The van der Waals surface area contributed by atoms with Crippen molar-refractivity contribution in [2.24, 2.45) is 5.92 Å². The Bertz CT molecular complexity index is 2050. The van der Waals surface area contributed by atoms with Gasteiger partial charge in [0, 0.05) is 18.5 Å². The van der Waals surface area contributed by atoms with Gasteiger partial charge in [-0.15, -0.1) is 0 Å². The highest BCUT2D eigenvalue weighted by atomic mass is 16.7. The standard InChI is InChI=1S/C39H43N7O5/c1-23(2)34(45-38(48)49-3)37(47)46-14-4-5-33(46)36-41-21-32(44-36)29-13-12-27-17-26(10-11-28(27)18-29)24-6-8-25(9-7-24)31-20-40-35(43-31)30-19-39(22-42-30)50-15-16-51-39/h6-13,17-18,20-21,23,30,33-34,42H,4-5,14-16,19,22H2,1-3H3,(H,40,43)(H,41,44)(H,45,48)/t30-,33-,34-/m0/s1. The van der Waals surface area contributed by atoms with Crippen molar-refractivity contribution in [2.75, 3.05) is 33.4 Å². The van der Waals surface area contributed by atoms with Gasteiger partial charge >= 0.3 is 6.09 Å². The highest BCUT2D eigenvalue weighted by molar-refractivity contribution is 5.91. The minimum Gasteiger partial charge on any atom is -0.453 e. The summed E-state index contributed by atoms with van der Waals surface area (Å²) in [6.07, 6.45) is 5.52. The minimum atomic E-state index is -0.670. The second kappa shape index (κ2) is 13.6. The molecule has 0 saturated carbocycles. The van der Waals surface area contributed by atoms with Crippen LogP contribution in [0.5, 0.6) is 0 Å². The smallest absolute Gasteiger partial charge is 0.407 e. The Labute approximate surface area is 296 Å². The molecular weight excluding hydrogens is 646 g/mol. The normalized spacial score (nSPS) is 20.4. The zero-order valence-electron chi connectivity index (χ0n) is 29.1. The minimum absolute atomic E-state index is 0.0683. The monoisotopic (exact) mass is 689 g/mol. The number of aromatic amines is 2. The summed E-state index contributed by atoms with van der Waals surface area (Å²) in [6.45, 7) is 6.38. The van der Waals surface area contributed by atoms with Gasteiger partial charge in [0.1, 0.15) is 17.7 Å². The summed E-state index contributed by atoms with van der Waals surface area (Å²) < 4.78 is 16.5. The number of methoxy groups -OCH3 is 1. The van der Waals surface area contributed by atoms with Crippen LogP contribution in [0.25, 0.3) is 44.4 Å². The molecule has 3 fully saturated rings. The average Bonchev–Trinajstić information content (AvgIpc) is 4.01. The number of alkyl carbamates (subject to hydrolysis) is 1. The molecule has 5 aromatic rings. The van der Waals surface area contributed by atoms with Crippen LogP contribution < -0.4 is 10.6 Å². The molecule has 3 atom stereocenters. The first kappa shape index (κ1) is 33.1. The Morgan fingerprint density at radius 3 is 2.24 bits per heavy atom. The largest absolute Gasteiger partial charge is 0.453 e. The molecule has 0 unspecified atom stereocenters. The van der Waals surface area contributed by atoms with E-state index in [2.05, 4.69) is 86.2 Å². The van der Waals surface area contributed by atoms with Crippen molar-refractivity contribution < 1.29 is 23.8 Å². The van der Waals surface area contributed by atoms with Crippen molar-refractivity contribution in [1.29, 1.82) is 0 Å². The molecule has 3 aromatic carbocycles. The third-order valence-corrected chi connectivity index (χ3v) is 10.4. The van der Waals surface area contributed by atoms with Gasteiger partial charge in [-0.25, -0.2) is 14.8 Å². The van der Waals surface area contributed by atoms with E-state index >= 15 is 0 Å². The number of H-pyrrole nitrogens is 2. The highest BCUT2D eigenvalue weighted by Crippen LogP contribution is 2.37. The molecule has 2 amide bonds. The molecule has 12 heteroatoms. The molecule has 264 valence electrons. The van der Waals surface area contributed by atoms with Crippen LogP contribution in [0.2, 0.25) is 0 Å². The maximum atomic E-state index is 13.5. The van der Waals surface area contributed by atoms with Crippen molar-refractivity contribution in [3.63, 3.8) is 0 Å². The number of hydrogen-bond acceptors (Lipinski definition) is 8. The van der Waals surface area contributed by atoms with Crippen LogP contribution in [-0.2, 0) is 19.0 Å². The fraction of sp³-hybridized carbons (Fsp3) is 0.385. The molecule has 2 aromatic heterocycles. The number of aromatic nitrogens is 4. The molecular formula is C39H43N7O5. The van der Waals surface area contributed by atoms with E-state index in [0.29, 0.717) is 26.3 Å². The van der Waals surface area contributed by atoms with Gasteiger partial charge in [-0.1, -0.05) is 62.4 Å². The second-order valence-corrected chi connectivity index (χ2v) is 14.0. The first-order valence-electron chi connectivity index (χ1n) is 17.7. The Morgan fingerprint density at radius 2 is 1.51 bits per heavy atom. The van der Waals surface area contributed by atoms with E-state index in [4.69, 9.17) is 19.2 Å².